The zero-order valence-electron chi connectivity index (χ0n) is 14.6. The van der Waals surface area contributed by atoms with Gasteiger partial charge < -0.3 is 14.8 Å². The van der Waals surface area contributed by atoms with Crippen LogP contribution in [0.25, 0.3) is 0 Å². The van der Waals surface area contributed by atoms with E-state index in [2.05, 4.69) is 10.0 Å². The number of rotatable bonds is 9. The largest absolute Gasteiger partial charge is 0.484 e. The summed E-state index contributed by atoms with van der Waals surface area (Å²) in [4.78, 5) is 12.0. The van der Waals surface area contributed by atoms with Crippen molar-refractivity contribution in [2.45, 2.75) is 4.90 Å². The molecule has 0 heterocycles. The third-order valence-electron chi connectivity index (χ3n) is 3.38. The van der Waals surface area contributed by atoms with E-state index in [4.69, 9.17) is 14.7 Å². The molecule has 0 aliphatic heterocycles. The van der Waals surface area contributed by atoms with E-state index in [-0.39, 0.29) is 24.7 Å². The van der Waals surface area contributed by atoms with Crippen LogP contribution < -0.4 is 14.8 Å². The number of sulfonamides is 1. The van der Waals surface area contributed by atoms with Gasteiger partial charge in [-0.2, -0.15) is 5.26 Å². The molecular weight excluding hydrogens is 370 g/mol. The maximum absolute atomic E-state index is 12.0. The predicted octanol–water partition coefficient (Wildman–Crippen LogP) is 1.50. The van der Waals surface area contributed by atoms with Gasteiger partial charge in [-0.15, -0.1) is 0 Å². The van der Waals surface area contributed by atoms with Crippen molar-refractivity contribution >= 4 is 21.6 Å². The maximum atomic E-state index is 12.0. The maximum Gasteiger partial charge on any atom is 0.262 e. The van der Waals surface area contributed by atoms with Gasteiger partial charge in [0.05, 0.1) is 23.1 Å². The van der Waals surface area contributed by atoms with Crippen LogP contribution in [0.1, 0.15) is 5.56 Å². The Kier molecular flexibility index (Phi) is 7.31. The molecule has 0 unspecified atom stereocenters. The number of carbonyl (C=O) groups excluding carboxylic acids is 1. The van der Waals surface area contributed by atoms with E-state index in [1.807, 2.05) is 6.07 Å². The summed E-state index contributed by atoms with van der Waals surface area (Å²) in [6.45, 7) is 0.187. The number of hydrogen-bond donors (Lipinski definition) is 2. The summed E-state index contributed by atoms with van der Waals surface area (Å²) in [5, 5.41) is 11.5. The van der Waals surface area contributed by atoms with Crippen LogP contribution in [0.3, 0.4) is 0 Å². The van der Waals surface area contributed by atoms with Gasteiger partial charge in [-0.1, -0.05) is 6.07 Å². The van der Waals surface area contributed by atoms with Crippen molar-refractivity contribution in [3.05, 3.63) is 54.1 Å². The molecule has 0 aliphatic rings. The zero-order valence-corrected chi connectivity index (χ0v) is 15.5. The number of ether oxygens (including phenoxy) is 2. The highest BCUT2D eigenvalue weighted by Crippen LogP contribution is 2.16. The number of hydrogen-bond acceptors (Lipinski definition) is 6. The third kappa shape index (κ3) is 6.38. The minimum Gasteiger partial charge on any atom is -0.484 e. The van der Waals surface area contributed by atoms with Crippen LogP contribution in [0.5, 0.6) is 5.75 Å². The minimum atomic E-state index is -3.62. The highest BCUT2D eigenvalue weighted by atomic mass is 32.2. The van der Waals surface area contributed by atoms with E-state index in [0.29, 0.717) is 17.0 Å². The van der Waals surface area contributed by atoms with E-state index >= 15 is 0 Å². The van der Waals surface area contributed by atoms with E-state index in [0.717, 1.165) is 0 Å². The Morgan fingerprint density at radius 1 is 1.19 bits per heavy atom. The number of carbonyl (C=O) groups is 1. The van der Waals surface area contributed by atoms with Crippen LogP contribution in [0.15, 0.2) is 53.4 Å². The summed E-state index contributed by atoms with van der Waals surface area (Å²) < 4.78 is 36.6. The van der Waals surface area contributed by atoms with Crippen molar-refractivity contribution in [3.63, 3.8) is 0 Å². The number of nitrogens with one attached hydrogen (secondary N) is 2. The number of nitrogens with zero attached hydrogens (tertiary/aromatic N) is 1. The highest BCUT2D eigenvalue weighted by Gasteiger charge is 2.13. The van der Waals surface area contributed by atoms with Crippen LogP contribution in [0.2, 0.25) is 0 Å². The second kappa shape index (κ2) is 9.68. The standard InChI is InChI=1S/C18H19N3O5S/c1-25-10-9-20-27(23,24)17-7-5-16(6-8-17)26-13-18(22)21-15-4-2-3-14(11-15)12-19/h2-8,11,20H,9-10,13H2,1H3,(H,21,22). The lowest BCUT2D eigenvalue weighted by Crippen LogP contribution is -2.27. The van der Waals surface area contributed by atoms with Gasteiger partial charge in [0.25, 0.3) is 5.91 Å². The first kappa shape index (κ1) is 20.4. The van der Waals surface area contributed by atoms with E-state index in [1.54, 1.807) is 24.3 Å². The molecule has 9 heteroatoms. The Bertz CT molecular complexity index is 921. The molecule has 27 heavy (non-hydrogen) atoms. The summed E-state index contributed by atoms with van der Waals surface area (Å²) in [6.07, 6.45) is 0. The molecule has 0 atom stereocenters. The number of nitriles is 1. The number of methoxy groups -OCH3 is 1. The molecule has 0 bridgehead atoms. The van der Waals surface area contributed by atoms with Gasteiger partial charge in [-0.05, 0) is 42.5 Å². The van der Waals surface area contributed by atoms with Gasteiger partial charge >= 0.3 is 0 Å². The minimum absolute atomic E-state index is 0.0868. The molecule has 2 rings (SSSR count). The summed E-state index contributed by atoms with van der Waals surface area (Å²) in [5.74, 6) is -0.0465. The van der Waals surface area contributed by atoms with Crippen molar-refractivity contribution in [2.75, 3.05) is 32.2 Å². The molecule has 0 saturated carbocycles. The second-order valence-corrected chi connectivity index (χ2v) is 7.16. The van der Waals surface area contributed by atoms with Gasteiger partial charge in [0.15, 0.2) is 6.61 Å². The van der Waals surface area contributed by atoms with Crippen LogP contribution in [-0.4, -0.2) is 41.2 Å². The zero-order chi connectivity index (χ0) is 19.7. The third-order valence-corrected chi connectivity index (χ3v) is 4.85. The molecule has 2 aromatic rings. The summed E-state index contributed by atoms with van der Waals surface area (Å²) in [7, 11) is -2.14. The fourth-order valence-corrected chi connectivity index (χ4v) is 3.10. The Morgan fingerprint density at radius 2 is 1.93 bits per heavy atom. The molecule has 0 saturated heterocycles. The molecule has 0 fully saturated rings. The van der Waals surface area contributed by atoms with Gasteiger partial charge in [0, 0.05) is 19.3 Å². The van der Waals surface area contributed by atoms with E-state index in [9.17, 15) is 13.2 Å². The molecule has 0 aliphatic carbocycles. The van der Waals surface area contributed by atoms with Gasteiger partial charge in [0.2, 0.25) is 10.0 Å². The molecule has 142 valence electrons. The summed E-state index contributed by atoms with van der Waals surface area (Å²) in [6, 6.07) is 14.2. The first-order valence-corrected chi connectivity index (χ1v) is 9.44. The molecule has 1 amide bonds. The first-order chi connectivity index (χ1) is 12.9. The van der Waals surface area contributed by atoms with E-state index in [1.165, 1.54) is 31.4 Å². The Balaban J connectivity index is 1.89. The normalized spacial score (nSPS) is 10.8. The lowest BCUT2D eigenvalue weighted by Gasteiger charge is -2.09. The fourth-order valence-electron chi connectivity index (χ4n) is 2.09. The molecule has 8 nitrogen and oxygen atoms in total. The van der Waals surface area contributed by atoms with Gasteiger partial charge in [0.1, 0.15) is 5.75 Å². The molecule has 0 aromatic heterocycles. The van der Waals surface area contributed by atoms with Crippen molar-refractivity contribution in [1.29, 1.82) is 5.26 Å². The monoisotopic (exact) mass is 389 g/mol. The second-order valence-electron chi connectivity index (χ2n) is 5.39. The Morgan fingerprint density at radius 3 is 2.59 bits per heavy atom. The van der Waals surface area contributed by atoms with Crippen LogP contribution in [-0.2, 0) is 19.6 Å². The quantitative estimate of drug-likeness (QED) is 0.628. The fraction of sp³-hybridized carbons (Fsp3) is 0.222. The van der Waals surface area contributed by atoms with Crippen molar-refractivity contribution in [2.24, 2.45) is 0 Å². The summed E-state index contributed by atoms with van der Waals surface area (Å²) in [5.41, 5.74) is 0.927. The average Bonchev–Trinajstić information content (AvgIpc) is 2.67. The molecule has 0 spiro atoms. The Hall–Kier alpha value is -2.93. The SMILES string of the molecule is COCCNS(=O)(=O)c1ccc(OCC(=O)Nc2cccc(C#N)c2)cc1. The lowest BCUT2D eigenvalue weighted by atomic mass is 10.2. The predicted molar refractivity (Wildman–Crippen MR) is 98.8 cm³/mol. The smallest absolute Gasteiger partial charge is 0.262 e. The molecule has 2 N–H and O–H groups in total. The van der Waals surface area contributed by atoms with E-state index < -0.39 is 15.9 Å². The van der Waals surface area contributed by atoms with Crippen LogP contribution in [0.4, 0.5) is 5.69 Å². The topological polar surface area (TPSA) is 118 Å². The van der Waals surface area contributed by atoms with Crippen molar-refractivity contribution < 1.29 is 22.7 Å². The lowest BCUT2D eigenvalue weighted by molar-refractivity contribution is -0.118. The van der Waals surface area contributed by atoms with Crippen molar-refractivity contribution in [1.82, 2.24) is 4.72 Å². The van der Waals surface area contributed by atoms with Crippen LogP contribution >= 0.6 is 0 Å². The first-order valence-electron chi connectivity index (χ1n) is 7.96. The number of anilines is 1. The molecule has 2 aromatic carbocycles. The molecule has 0 radical (unpaired) electrons. The summed E-state index contributed by atoms with van der Waals surface area (Å²) >= 11 is 0. The molecular formula is C18H19N3O5S. The average molecular weight is 389 g/mol. The van der Waals surface area contributed by atoms with Gasteiger partial charge in [-0.25, -0.2) is 13.1 Å². The number of amides is 1. The highest BCUT2D eigenvalue weighted by molar-refractivity contribution is 7.89. The van der Waals surface area contributed by atoms with Crippen molar-refractivity contribution in [3.8, 4) is 11.8 Å². The Labute approximate surface area is 157 Å². The van der Waals surface area contributed by atoms with Gasteiger partial charge in [-0.3, -0.25) is 4.79 Å². The number of benzene rings is 2. The van der Waals surface area contributed by atoms with Crippen LogP contribution in [0, 0.1) is 11.3 Å².